The molecule has 2 aromatic rings. The van der Waals surface area contributed by atoms with E-state index in [2.05, 4.69) is 16.4 Å². The van der Waals surface area contributed by atoms with Crippen LogP contribution in [-0.4, -0.2) is 4.98 Å². The zero-order chi connectivity index (χ0) is 13.1. The maximum atomic E-state index is 13.2. The molecule has 90 valence electrons. The second-order valence-electron chi connectivity index (χ2n) is 4.05. The molecular weight excluding hydrogens is 229 g/mol. The van der Waals surface area contributed by atoms with Gasteiger partial charge in [-0.25, -0.2) is 9.37 Å². The van der Waals surface area contributed by atoms with Crippen molar-refractivity contribution in [3.8, 4) is 6.07 Å². The first-order valence-electron chi connectivity index (χ1n) is 5.51. The number of aryl methyl sites for hydroxylation is 2. The van der Waals surface area contributed by atoms with Crippen molar-refractivity contribution in [2.75, 3.05) is 5.32 Å². The van der Waals surface area contributed by atoms with Crippen molar-refractivity contribution in [2.24, 2.45) is 0 Å². The molecule has 3 nitrogen and oxygen atoms in total. The fourth-order valence-corrected chi connectivity index (χ4v) is 1.60. The maximum Gasteiger partial charge on any atom is 0.148 e. The van der Waals surface area contributed by atoms with Gasteiger partial charge in [0.1, 0.15) is 17.7 Å². The number of nitrogens with one attached hydrogen (secondary N) is 1. The molecule has 0 spiro atoms. The molecule has 0 saturated carbocycles. The first kappa shape index (κ1) is 12.1. The van der Waals surface area contributed by atoms with E-state index in [0.717, 1.165) is 5.69 Å². The highest BCUT2D eigenvalue weighted by Gasteiger charge is 2.05. The van der Waals surface area contributed by atoms with Crippen LogP contribution in [0.3, 0.4) is 0 Å². The van der Waals surface area contributed by atoms with Crippen molar-refractivity contribution >= 4 is 11.5 Å². The summed E-state index contributed by atoms with van der Waals surface area (Å²) in [5, 5.41) is 12.0. The minimum atomic E-state index is -0.252. The van der Waals surface area contributed by atoms with Crippen molar-refractivity contribution < 1.29 is 4.39 Å². The Labute approximate surface area is 105 Å². The van der Waals surface area contributed by atoms with Crippen LogP contribution < -0.4 is 5.32 Å². The van der Waals surface area contributed by atoms with Gasteiger partial charge in [-0.2, -0.15) is 5.26 Å². The molecule has 0 aliphatic carbocycles. The smallest absolute Gasteiger partial charge is 0.148 e. The molecule has 0 amide bonds. The van der Waals surface area contributed by atoms with Crippen LogP contribution in [0.5, 0.6) is 0 Å². The number of rotatable bonds is 2. The number of hydrogen-bond acceptors (Lipinski definition) is 3. The van der Waals surface area contributed by atoms with Gasteiger partial charge in [-0.1, -0.05) is 0 Å². The summed E-state index contributed by atoms with van der Waals surface area (Å²) in [6, 6.07) is 10.2. The van der Waals surface area contributed by atoms with Crippen molar-refractivity contribution in [2.45, 2.75) is 13.8 Å². The molecule has 4 heteroatoms. The Morgan fingerprint density at radius 1 is 1.22 bits per heavy atom. The van der Waals surface area contributed by atoms with Gasteiger partial charge in [-0.3, -0.25) is 0 Å². The molecule has 18 heavy (non-hydrogen) atoms. The van der Waals surface area contributed by atoms with Crippen LogP contribution >= 0.6 is 0 Å². The Bertz CT molecular complexity index is 629. The van der Waals surface area contributed by atoms with Crippen LogP contribution in [0.25, 0.3) is 0 Å². The Morgan fingerprint density at radius 3 is 2.67 bits per heavy atom. The fourth-order valence-electron chi connectivity index (χ4n) is 1.60. The Morgan fingerprint density at radius 2 is 2.00 bits per heavy atom. The third kappa shape index (κ3) is 2.46. The summed E-state index contributed by atoms with van der Waals surface area (Å²) in [7, 11) is 0. The highest BCUT2D eigenvalue weighted by atomic mass is 19.1. The summed E-state index contributed by atoms with van der Waals surface area (Å²) >= 11 is 0. The Hall–Kier alpha value is -2.41. The van der Waals surface area contributed by atoms with Crippen LogP contribution in [0, 0.1) is 31.0 Å². The molecule has 0 saturated heterocycles. The lowest BCUT2D eigenvalue weighted by Crippen LogP contribution is -1.99. The van der Waals surface area contributed by atoms with E-state index in [1.54, 1.807) is 31.2 Å². The van der Waals surface area contributed by atoms with Crippen LogP contribution in [0.1, 0.15) is 16.8 Å². The normalized spacial score (nSPS) is 9.89. The van der Waals surface area contributed by atoms with Gasteiger partial charge in [-0.15, -0.1) is 0 Å². The van der Waals surface area contributed by atoms with Gasteiger partial charge in [0.2, 0.25) is 0 Å². The lowest BCUT2D eigenvalue weighted by atomic mass is 10.2. The van der Waals surface area contributed by atoms with Gasteiger partial charge in [0.25, 0.3) is 0 Å². The standard InChI is InChI=1S/C14H12FN3/c1-9-7-12(5-6-13(9)15)18-14-11(8-16)4-3-10(2)17-14/h3-7H,1-2H3,(H,17,18). The first-order chi connectivity index (χ1) is 8.60. The van der Waals surface area contributed by atoms with Gasteiger partial charge in [0.15, 0.2) is 0 Å². The molecular formula is C14H12FN3. The minimum absolute atomic E-state index is 0.252. The largest absolute Gasteiger partial charge is 0.339 e. The van der Waals surface area contributed by atoms with Gasteiger partial charge in [0.05, 0.1) is 5.56 Å². The van der Waals surface area contributed by atoms with Gasteiger partial charge < -0.3 is 5.32 Å². The summed E-state index contributed by atoms with van der Waals surface area (Å²) in [6.07, 6.45) is 0. The highest BCUT2D eigenvalue weighted by Crippen LogP contribution is 2.20. The van der Waals surface area contributed by atoms with Gasteiger partial charge in [0, 0.05) is 11.4 Å². The number of hydrogen-bond donors (Lipinski definition) is 1. The summed E-state index contributed by atoms with van der Waals surface area (Å²) < 4.78 is 13.2. The lowest BCUT2D eigenvalue weighted by Gasteiger charge is -2.09. The second-order valence-corrected chi connectivity index (χ2v) is 4.05. The van der Waals surface area contributed by atoms with E-state index in [-0.39, 0.29) is 5.82 Å². The lowest BCUT2D eigenvalue weighted by molar-refractivity contribution is 0.619. The summed E-state index contributed by atoms with van der Waals surface area (Å²) in [5.41, 5.74) is 2.53. The van der Waals surface area contributed by atoms with Crippen molar-refractivity contribution in [3.63, 3.8) is 0 Å². The van der Waals surface area contributed by atoms with E-state index in [0.29, 0.717) is 22.6 Å². The second kappa shape index (κ2) is 4.84. The quantitative estimate of drug-likeness (QED) is 0.876. The number of nitriles is 1. The zero-order valence-corrected chi connectivity index (χ0v) is 10.2. The van der Waals surface area contributed by atoms with E-state index < -0.39 is 0 Å². The molecule has 0 aliphatic rings. The first-order valence-corrected chi connectivity index (χ1v) is 5.51. The third-order valence-corrected chi connectivity index (χ3v) is 2.58. The molecule has 1 heterocycles. The third-order valence-electron chi connectivity index (χ3n) is 2.58. The molecule has 0 fully saturated rings. The molecule has 0 bridgehead atoms. The maximum absolute atomic E-state index is 13.2. The van der Waals surface area contributed by atoms with Crippen LogP contribution in [0.15, 0.2) is 30.3 Å². The fraction of sp³-hybridized carbons (Fsp3) is 0.143. The topological polar surface area (TPSA) is 48.7 Å². The SMILES string of the molecule is Cc1ccc(C#N)c(Nc2ccc(F)c(C)c2)n1. The van der Waals surface area contributed by atoms with Crippen LogP contribution in [0.2, 0.25) is 0 Å². The van der Waals surface area contributed by atoms with E-state index >= 15 is 0 Å². The predicted octanol–water partition coefficient (Wildman–Crippen LogP) is 3.45. The molecule has 0 unspecified atom stereocenters. The molecule has 1 aromatic heterocycles. The summed E-state index contributed by atoms with van der Waals surface area (Å²) in [6.45, 7) is 3.54. The molecule has 1 N–H and O–H groups in total. The highest BCUT2D eigenvalue weighted by molar-refractivity contribution is 5.63. The van der Waals surface area contributed by atoms with E-state index in [1.807, 2.05) is 6.92 Å². The van der Waals surface area contributed by atoms with Gasteiger partial charge >= 0.3 is 0 Å². The molecule has 0 radical (unpaired) electrons. The number of halogens is 1. The summed E-state index contributed by atoms with van der Waals surface area (Å²) in [4.78, 5) is 4.26. The molecule has 1 aromatic carbocycles. The average Bonchev–Trinajstić information content (AvgIpc) is 2.34. The molecule has 0 aliphatic heterocycles. The number of benzene rings is 1. The Balaban J connectivity index is 2.36. The van der Waals surface area contributed by atoms with Gasteiger partial charge in [-0.05, 0) is 49.7 Å². The van der Waals surface area contributed by atoms with E-state index in [4.69, 9.17) is 5.26 Å². The van der Waals surface area contributed by atoms with Crippen LogP contribution in [-0.2, 0) is 0 Å². The number of pyridine rings is 1. The Kier molecular flexibility index (Phi) is 3.24. The predicted molar refractivity (Wildman–Crippen MR) is 68.1 cm³/mol. The van der Waals surface area contributed by atoms with Crippen molar-refractivity contribution in [1.82, 2.24) is 4.98 Å². The number of nitrogens with zero attached hydrogens (tertiary/aromatic N) is 2. The zero-order valence-electron chi connectivity index (χ0n) is 10.2. The van der Waals surface area contributed by atoms with E-state index in [1.165, 1.54) is 6.07 Å². The average molecular weight is 241 g/mol. The number of anilines is 2. The van der Waals surface area contributed by atoms with E-state index in [9.17, 15) is 4.39 Å². The summed E-state index contributed by atoms with van der Waals surface area (Å²) in [5.74, 6) is 0.238. The van der Waals surface area contributed by atoms with Crippen molar-refractivity contribution in [1.29, 1.82) is 5.26 Å². The monoisotopic (exact) mass is 241 g/mol. The van der Waals surface area contributed by atoms with Crippen LogP contribution in [0.4, 0.5) is 15.9 Å². The van der Waals surface area contributed by atoms with Crippen molar-refractivity contribution in [3.05, 3.63) is 53.0 Å². The molecule has 2 rings (SSSR count). The number of aromatic nitrogens is 1. The molecule has 0 atom stereocenters. The minimum Gasteiger partial charge on any atom is -0.339 e.